The van der Waals surface area contributed by atoms with Crippen LogP contribution >= 0.6 is 22.6 Å². The summed E-state index contributed by atoms with van der Waals surface area (Å²) in [6.45, 7) is 26.6. The maximum atomic E-state index is 4.85. The maximum Gasteiger partial charge on any atom is 0.0567 e. The van der Waals surface area contributed by atoms with Crippen LogP contribution < -0.4 is 4.90 Å². The first-order valence-corrected chi connectivity index (χ1v) is 21.6. The molecule has 4 aromatic rings. The standard InChI is InChI=1S/C55H58IN/c1-10-12-15-21-38(3)48-32-31-47(36-53(48)55(7,8)9)57(41(6)52(37-56)43-23-16-14-17-24-43)40(5)33-39(4)51-35-45-26-20-28-49(45)54(50(51)27-13-11-2)46-30-29-42-22-18-19-25-44(42)34-46/h10-12,14-16,18-23,25-26,29-37,41H,1-2,4,13,17,24,27-28H2,3,5-9H3/b15-12-,38-21+,40-33+,52-37+. The molecule has 290 valence electrons. The van der Waals surface area contributed by atoms with Crippen LogP contribution in [0.5, 0.6) is 0 Å². The van der Waals surface area contributed by atoms with Crippen molar-refractivity contribution in [2.75, 3.05) is 4.90 Å². The Hall–Kier alpha value is -4.93. The van der Waals surface area contributed by atoms with Crippen LogP contribution in [0.1, 0.15) is 94.2 Å². The van der Waals surface area contributed by atoms with Crippen LogP contribution in [0.4, 0.5) is 5.69 Å². The van der Waals surface area contributed by atoms with Gasteiger partial charge in [0.15, 0.2) is 0 Å². The Morgan fingerprint density at radius 2 is 1.72 bits per heavy atom. The van der Waals surface area contributed by atoms with Gasteiger partial charge in [0.1, 0.15) is 0 Å². The Labute approximate surface area is 356 Å². The summed E-state index contributed by atoms with van der Waals surface area (Å²) in [5.74, 6) is 0. The number of anilines is 1. The number of hydrogen-bond donors (Lipinski definition) is 0. The molecule has 0 spiro atoms. The first kappa shape index (κ1) is 41.7. The summed E-state index contributed by atoms with van der Waals surface area (Å²) in [6, 6.07) is 25.1. The summed E-state index contributed by atoms with van der Waals surface area (Å²) in [5, 5.41) is 2.52. The number of fused-ring (bicyclic) bond motifs is 2. The van der Waals surface area contributed by atoms with Gasteiger partial charge in [-0.15, -0.1) is 6.58 Å². The fraction of sp³-hybridized carbons (Fsp3) is 0.236. The molecule has 0 saturated heterocycles. The van der Waals surface area contributed by atoms with Crippen molar-refractivity contribution in [3.63, 3.8) is 0 Å². The zero-order chi connectivity index (χ0) is 40.7. The largest absolute Gasteiger partial charge is 0.338 e. The quantitative estimate of drug-likeness (QED) is 0.0694. The lowest BCUT2D eigenvalue weighted by Gasteiger charge is -2.36. The van der Waals surface area contributed by atoms with Gasteiger partial charge < -0.3 is 4.90 Å². The number of benzene rings is 4. The second-order valence-corrected chi connectivity index (χ2v) is 17.0. The highest BCUT2D eigenvalue weighted by atomic mass is 127. The number of allylic oxidation sites excluding steroid dienone is 13. The Bertz CT molecular complexity index is 2410. The molecule has 1 atom stereocenters. The molecule has 0 amide bonds. The molecule has 4 aromatic carbocycles. The maximum absolute atomic E-state index is 4.85. The summed E-state index contributed by atoms with van der Waals surface area (Å²) >= 11 is 2.45. The molecule has 2 aliphatic carbocycles. The van der Waals surface area contributed by atoms with Crippen molar-refractivity contribution in [3.8, 4) is 11.1 Å². The minimum absolute atomic E-state index is 0.0749. The minimum atomic E-state index is -0.0749. The smallest absolute Gasteiger partial charge is 0.0567 e. The van der Waals surface area contributed by atoms with E-state index in [4.69, 9.17) is 6.58 Å². The average molecular weight is 860 g/mol. The Balaban J connectivity index is 1.53. The fourth-order valence-electron chi connectivity index (χ4n) is 8.51. The van der Waals surface area contributed by atoms with Gasteiger partial charge in [-0.2, -0.15) is 0 Å². The summed E-state index contributed by atoms with van der Waals surface area (Å²) in [6.07, 6.45) is 28.6. The molecule has 0 N–H and O–H groups in total. The second kappa shape index (κ2) is 18.6. The van der Waals surface area contributed by atoms with Gasteiger partial charge >= 0.3 is 0 Å². The molecule has 0 radical (unpaired) electrons. The SMILES string of the molecule is C=C/C=C\C=C(/C)c1ccc(N(/C(C)=C/C(=C)c2cc3c(c(-c4ccc5ccccc5c4)c2CCC=C)CC=C3)C(C)/C(=C\I)C2=CC=CCC2)cc1C(C)(C)C. The third-order valence-electron chi connectivity index (χ3n) is 11.4. The average Bonchev–Trinajstić information content (AvgIpc) is 3.68. The highest BCUT2D eigenvalue weighted by Gasteiger charge is 2.27. The zero-order valence-electron chi connectivity index (χ0n) is 34.8. The van der Waals surface area contributed by atoms with Crippen LogP contribution in [-0.4, -0.2) is 6.04 Å². The number of nitrogens with zero attached hydrogens (tertiary/aromatic N) is 1. The molecular formula is C55H58IN. The van der Waals surface area contributed by atoms with E-state index < -0.39 is 0 Å². The number of halogens is 1. The van der Waals surface area contributed by atoms with Crippen molar-refractivity contribution in [1.29, 1.82) is 0 Å². The number of rotatable bonds is 14. The first-order valence-electron chi connectivity index (χ1n) is 20.4. The predicted octanol–water partition coefficient (Wildman–Crippen LogP) is 16.0. The molecule has 0 bridgehead atoms. The van der Waals surface area contributed by atoms with Crippen LogP contribution in [0.3, 0.4) is 0 Å². The molecule has 0 saturated carbocycles. The highest BCUT2D eigenvalue weighted by molar-refractivity contribution is 14.1. The summed E-state index contributed by atoms with van der Waals surface area (Å²) in [4.78, 5) is 2.53. The molecule has 1 nitrogen and oxygen atoms in total. The molecule has 0 fully saturated rings. The van der Waals surface area contributed by atoms with Gasteiger partial charge in [-0.05, 0) is 170 Å². The summed E-state index contributed by atoms with van der Waals surface area (Å²) < 4.78 is 2.29. The summed E-state index contributed by atoms with van der Waals surface area (Å²) in [5.41, 5.74) is 17.7. The Kier molecular flexibility index (Phi) is 13.6. The third-order valence-corrected chi connectivity index (χ3v) is 12.1. The molecule has 0 aromatic heterocycles. The van der Waals surface area contributed by atoms with Gasteiger partial charge in [-0.3, -0.25) is 0 Å². The van der Waals surface area contributed by atoms with E-state index in [-0.39, 0.29) is 11.5 Å². The van der Waals surface area contributed by atoms with Crippen molar-refractivity contribution in [1.82, 2.24) is 0 Å². The molecule has 2 heteroatoms. The van der Waals surface area contributed by atoms with E-state index >= 15 is 0 Å². The van der Waals surface area contributed by atoms with Gasteiger partial charge in [-0.1, -0.05) is 160 Å². The van der Waals surface area contributed by atoms with Gasteiger partial charge in [0.2, 0.25) is 0 Å². The van der Waals surface area contributed by atoms with Gasteiger partial charge in [0.25, 0.3) is 0 Å². The van der Waals surface area contributed by atoms with E-state index in [9.17, 15) is 0 Å². The molecule has 2 aliphatic rings. The molecule has 57 heavy (non-hydrogen) atoms. The van der Waals surface area contributed by atoms with E-state index in [0.717, 1.165) is 43.4 Å². The monoisotopic (exact) mass is 859 g/mol. The van der Waals surface area contributed by atoms with Gasteiger partial charge in [0.05, 0.1) is 6.04 Å². The van der Waals surface area contributed by atoms with Crippen LogP contribution in [0, 0.1) is 0 Å². The van der Waals surface area contributed by atoms with E-state index in [2.05, 4.69) is 202 Å². The van der Waals surface area contributed by atoms with Crippen molar-refractivity contribution < 1.29 is 0 Å². The molecule has 0 heterocycles. The van der Waals surface area contributed by atoms with Crippen LogP contribution in [0.25, 0.3) is 39.1 Å². The molecule has 6 rings (SSSR count). The van der Waals surface area contributed by atoms with Crippen molar-refractivity contribution in [2.45, 2.75) is 85.1 Å². The van der Waals surface area contributed by atoms with Gasteiger partial charge in [0, 0.05) is 11.4 Å². The second-order valence-electron chi connectivity index (χ2n) is 16.4. The summed E-state index contributed by atoms with van der Waals surface area (Å²) in [7, 11) is 0. The molecular weight excluding hydrogens is 802 g/mol. The lowest BCUT2D eigenvalue weighted by atomic mass is 9.81. The van der Waals surface area contributed by atoms with E-state index in [1.54, 1.807) is 0 Å². The van der Waals surface area contributed by atoms with E-state index in [0.29, 0.717) is 0 Å². The Morgan fingerprint density at radius 3 is 2.42 bits per heavy atom. The Morgan fingerprint density at radius 1 is 0.930 bits per heavy atom. The first-order chi connectivity index (χ1) is 27.5. The zero-order valence-corrected chi connectivity index (χ0v) is 37.0. The van der Waals surface area contributed by atoms with Crippen molar-refractivity contribution in [2.24, 2.45) is 0 Å². The third kappa shape index (κ3) is 9.29. The van der Waals surface area contributed by atoms with E-state index in [1.807, 2.05) is 18.2 Å². The van der Waals surface area contributed by atoms with Crippen molar-refractivity contribution in [3.05, 3.63) is 202 Å². The van der Waals surface area contributed by atoms with E-state index in [1.165, 1.54) is 77.7 Å². The molecule has 1 unspecified atom stereocenters. The normalized spacial score (nSPS) is 15.2. The fourth-order valence-corrected chi connectivity index (χ4v) is 9.43. The van der Waals surface area contributed by atoms with Crippen LogP contribution in [0.15, 0.2) is 168 Å². The topological polar surface area (TPSA) is 3.24 Å². The van der Waals surface area contributed by atoms with Crippen LogP contribution in [-0.2, 0) is 18.3 Å². The van der Waals surface area contributed by atoms with Crippen molar-refractivity contribution >= 4 is 56.3 Å². The predicted molar refractivity (Wildman–Crippen MR) is 262 cm³/mol. The van der Waals surface area contributed by atoms with Gasteiger partial charge in [-0.25, -0.2) is 0 Å². The lowest BCUT2D eigenvalue weighted by molar-refractivity contribution is 0.588. The lowest BCUT2D eigenvalue weighted by Crippen LogP contribution is -2.34. The molecule has 0 aliphatic heterocycles. The highest BCUT2D eigenvalue weighted by Crippen LogP contribution is 2.42. The minimum Gasteiger partial charge on any atom is -0.338 e. The van der Waals surface area contributed by atoms with Crippen LogP contribution in [0.2, 0.25) is 0 Å². The number of hydrogen-bond acceptors (Lipinski definition) is 1.